The Bertz CT molecular complexity index is 534. The molecule has 0 atom stereocenters. The zero-order valence-electron chi connectivity index (χ0n) is 9.76. The summed E-state index contributed by atoms with van der Waals surface area (Å²) in [5, 5.41) is 9.47. The van der Waals surface area contributed by atoms with Crippen LogP contribution >= 0.6 is 0 Å². The minimum atomic E-state index is -0.118. The van der Waals surface area contributed by atoms with Crippen molar-refractivity contribution >= 4 is 5.91 Å². The lowest BCUT2D eigenvalue weighted by atomic mass is 10.2. The zero-order valence-corrected chi connectivity index (χ0v) is 9.76. The zero-order chi connectivity index (χ0) is 12.8. The van der Waals surface area contributed by atoms with Gasteiger partial charge in [0.1, 0.15) is 5.82 Å². The molecule has 0 saturated carbocycles. The van der Waals surface area contributed by atoms with Gasteiger partial charge < -0.3 is 5.32 Å². The van der Waals surface area contributed by atoms with Gasteiger partial charge in [-0.3, -0.25) is 14.9 Å². The molecule has 0 radical (unpaired) electrons. The Morgan fingerprint density at radius 3 is 2.94 bits per heavy atom. The van der Waals surface area contributed by atoms with Crippen LogP contribution in [0.25, 0.3) is 11.4 Å². The summed E-state index contributed by atoms with van der Waals surface area (Å²) in [5.74, 6) is 0.972. The van der Waals surface area contributed by atoms with Gasteiger partial charge in [0.25, 0.3) is 0 Å². The Morgan fingerprint density at radius 1 is 1.44 bits per heavy atom. The summed E-state index contributed by atoms with van der Waals surface area (Å²) in [6.45, 7) is 3.98. The van der Waals surface area contributed by atoms with E-state index in [0.717, 1.165) is 5.56 Å². The summed E-state index contributed by atoms with van der Waals surface area (Å²) in [5.41, 5.74) is 0.860. The Labute approximate surface area is 104 Å². The van der Waals surface area contributed by atoms with Gasteiger partial charge in [-0.25, -0.2) is 4.98 Å². The molecule has 6 heteroatoms. The molecule has 1 amide bonds. The number of rotatable bonds is 5. The van der Waals surface area contributed by atoms with Crippen LogP contribution in [0.15, 0.2) is 37.2 Å². The summed E-state index contributed by atoms with van der Waals surface area (Å²) < 4.78 is 0. The topological polar surface area (TPSA) is 83.6 Å². The van der Waals surface area contributed by atoms with Gasteiger partial charge in [-0.05, 0) is 12.1 Å². The monoisotopic (exact) mass is 243 g/mol. The second-order valence-corrected chi connectivity index (χ2v) is 3.61. The molecule has 0 aromatic carbocycles. The molecule has 2 N–H and O–H groups in total. The SMILES string of the molecule is C=CCNC(=O)Cc1nc(-c2ccncc2)n[nH]1. The fourth-order valence-corrected chi connectivity index (χ4v) is 1.41. The fraction of sp³-hybridized carbons (Fsp3) is 0.167. The molecular weight excluding hydrogens is 230 g/mol. The number of hydrogen-bond acceptors (Lipinski definition) is 4. The second kappa shape index (κ2) is 5.72. The number of carbonyl (C=O) groups excluding carboxylic acids is 1. The van der Waals surface area contributed by atoms with Crippen molar-refractivity contribution in [3.05, 3.63) is 43.0 Å². The van der Waals surface area contributed by atoms with Crippen molar-refractivity contribution in [1.82, 2.24) is 25.5 Å². The second-order valence-electron chi connectivity index (χ2n) is 3.61. The number of pyridine rings is 1. The molecule has 0 fully saturated rings. The number of carbonyl (C=O) groups is 1. The minimum Gasteiger partial charge on any atom is -0.352 e. The molecule has 0 aliphatic carbocycles. The summed E-state index contributed by atoms with van der Waals surface area (Å²) in [6, 6.07) is 3.62. The third-order valence-corrected chi connectivity index (χ3v) is 2.24. The number of hydrogen-bond donors (Lipinski definition) is 2. The Balaban J connectivity index is 2.02. The van der Waals surface area contributed by atoms with E-state index in [0.29, 0.717) is 18.2 Å². The Hall–Kier alpha value is -2.50. The maximum atomic E-state index is 11.5. The van der Waals surface area contributed by atoms with Crippen LogP contribution in [0.4, 0.5) is 0 Å². The summed E-state index contributed by atoms with van der Waals surface area (Å²) in [6.07, 6.45) is 5.14. The lowest BCUT2D eigenvalue weighted by Gasteiger charge is -1.98. The molecule has 2 aromatic heterocycles. The largest absolute Gasteiger partial charge is 0.352 e. The maximum absolute atomic E-state index is 11.5. The Morgan fingerprint density at radius 2 is 2.22 bits per heavy atom. The van der Waals surface area contributed by atoms with Gasteiger partial charge in [0.05, 0.1) is 6.42 Å². The smallest absolute Gasteiger partial charge is 0.227 e. The standard InChI is InChI=1S/C12H13N5O/c1-2-5-14-11(18)8-10-15-12(17-16-10)9-3-6-13-7-4-9/h2-4,6-7H,1,5,8H2,(H,14,18)(H,15,16,17). The van der Waals surface area contributed by atoms with Crippen molar-refractivity contribution in [2.75, 3.05) is 6.54 Å². The van der Waals surface area contributed by atoms with Gasteiger partial charge in [0.2, 0.25) is 5.91 Å². The number of nitrogens with zero attached hydrogens (tertiary/aromatic N) is 3. The molecule has 0 aliphatic heterocycles. The van der Waals surface area contributed by atoms with Crippen molar-refractivity contribution in [1.29, 1.82) is 0 Å². The van der Waals surface area contributed by atoms with Gasteiger partial charge in [-0.2, -0.15) is 5.10 Å². The molecular formula is C12H13N5O. The molecule has 18 heavy (non-hydrogen) atoms. The molecule has 0 aliphatic rings. The predicted molar refractivity (Wildman–Crippen MR) is 66.5 cm³/mol. The van der Waals surface area contributed by atoms with E-state index in [4.69, 9.17) is 0 Å². The summed E-state index contributed by atoms with van der Waals surface area (Å²) >= 11 is 0. The number of amides is 1. The molecule has 2 heterocycles. The van der Waals surface area contributed by atoms with Crippen LogP contribution in [0.2, 0.25) is 0 Å². The lowest BCUT2D eigenvalue weighted by Crippen LogP contribution is -2.25. The highest BCUT2D eigenvalue weighted by molar-refractivity contribution is 5.77. The van der Waals surface area contributed by atoms with Gasteiger partial charge >= 0.3 is 0 Å². The van der Waals surface area contributed by atoms with Gasteiger partial charge in [-0.1, -0.05) is 6.08 Å². The fourth-order valence-electron chi connectivity index (χ4n) is 1.41. The van der Waals surface area contributed by atoms with E-state index in [-0.39, 0.29) is 12.3 Å². The third kappa shape index (κ3) is 3.00. The molecule has 0 unspecified atom stereocenters. The summed E-state index contributed by atoms with van der Waals surface area (Å²) in [4.78, 5) is 19.6. The minimum absolute atomic E-state index is 0.118. The van der Waals surface area contributed by atoms with Crippen molar-refractivity contribution < 1.29 is 4.79 Å². The third-order valence-electron chi connectivity index (χ3n) is 2.24. The molecule has 2 aromatic rings. The number of nitrogens with one attached hydrogen (secondary N) is 2. The highest BCUT2D eigenvalue weighted by Gasteiger charge is 2.08. The van der Waals surface area contributed by atoms with Gasteiger partial charge in [0.15, 0.2) is 5.82 Å². The average Bonchev–Trinajstić information content (AvgIpc) is 2.86. The Kier molecular flexibility index (Phi) is 3.80. The number of aromatic nitrogens is 4. The molecule has 92 valence electrons. The van der Waals surface area contributed by atoms with E-state index < -0.39 is 0 Å². The maximum Gasteiger partial charge on any atom is 0.227 e. The molecule has 2 rings (SSSR count). The van der Waals surface area contributed by atoms with Crippen LogP contribution in [-0.4, -0.2) is 32.6 Å². The van der Waals surface area contributed by atoms with Gasteiger partial charge in [-0.15, -0.1) is 6.58 Å². The van der Waals surface area contributed by atoms with Crippen LogP contribution in [0.5, 0.6) is 0 Å². The molecule has 6 nitrogen and oxygen atoms in total. The van der Waals surface area contributed by atoms with E-state index in [9.17, 15) is 4.79 Å². The first kappa shape index (κ1) is 12.0. The highest BCUT2D eigenvalue weighted by atomic mass is 16.1. The van der Waals surface area contributed by atoms with E-state index in [1.165, 1.54) is 0 Å². The van der Waals surface area contributed by atoms with Crippen LogP contribution in [-0.2, 0) is 11.2 Å². The van der Waals surface area contributed by atoms with E-state index in [2.05, 4.69) is 32.1 Å². The molecule has 0 saturated heterocycles. The molecule has 0 spiro atoms. The van der Waals surface area contributed by atoms with Crippen molar-refractivity contribution in [3.8, 4) is 11.4 Å². The van der Waals surface area contributed by atoms with Crippen molar-refractivity contribution in [3.63, 3.8) is 0 Å². The first-order chi connectivity index (χ1) is 8.79. The van der Waals surface area contributed by atoms with E-state index in [1.807, 2.05) is 12.1 Å². The summed E-state index contributed by atoms with van der Waals surface area (Å²) in [7, 11) is 0. The quantitative estimate of drug-likeness (QED) is 0.757. The average molecular weight is 243 g/mol. The van der Waals surface area contributed by atoms with Crippen LogP contribution in [0.3, 0.4) is 0 Å². The molecule has 0 bridgehead atoms. The van der Waals surface area contributed by atoms with Crippen LogP contribution < -0.4 is 5.32 Å². The number of H-pyrrole nitrogens is 1. The lowest BCUT2D eigenvalue weighted by molar-refractivity contribution is -0.120. The van der Waals surface area contributed by atoms with Crippen molar-refractivity contribution in [2.24, 2.45) is 0 Å². The normalized spacial score (nSPS) is 10.0. The van der Waals surface area contributed by atoms with E-state index >= 15 is 0 Å². The van der Waals surface area contributed by atoms with Gasteiger partial charge in [0, 0.05) is 24.5 Å². The first-order valence-corrected chi connectivity index (χ1v) is 5.49. The predicted octanol–water partition coefficient (Wildman–Crippen LogP) is 0.711. The van der Waals surface area contributed by atoms with Crippen LogP contribution in [0, 0.1) is 0 Å². The van der Waals surface area contributed by atoms with Crippen molar-refractivity contribution in [2.45, 2.75) is 6.42 Å². The van der Waals surface area contributed by atoms with E-state index in [1.54, 1.807) is 18.5 Å². The van der Waals surface area contributed by atoms with Crippen LogP contribution in [0.1, 0.15) is 5.82 Å². The first-order valence-electron chi connectivity index (χ1n) is 5.49. The number of aromatic amines is 1. The highest BCUT2D eigenvalue weighted by Crippen LogP contribution is 2.12.